The van der Waals surface area contributed by atoms with Crippen molar-refractivity contribution in [3.8, 4) is 0 Å². The standard InChI is InChI=1S/C25H38N4O2/c1-20(30)27-13-7-22(8-14-27)19-21-3-5-23(6-4-21)25(31)29-17-15-28(16-18-29)24-9-11-26(2)12-10-24/h3-6,22,24H,7-19H2,1-2H3. The van der Waals surface area contributed by atoms with Crippen molar-refractivity contribution < 1.29 is 9.59 Å². The third kappa shape index (κ3) is 5.66. The molecule has 0 unspecified atom stereocenters. The molecule has 0 N–H and O–H groups in total. The first kappa shape index (κ1) is 22.3. The van der Waals surface area contributed by atoms with E-state index in [0.29, 0.717) is 12.0 Å². The highest BCUT2D eigenvalue weighted by Gasteiger charge is 2.28. The van der Waals surface area contributed by atoms with Crippen LogP contribution in [-0.4, -0.2) is 96.9 Å². The van der Waals surface area contributed by atoms with Crippen LogP contribution < -0.4 is 0 Å². The zero-order chi connectivity index (χ0) is 21.8. The fraction of sp³-hybridized carbons (Fsp3) is 0.680. The van der Waals surface area contributed by atoms with Crippen LogP contribution in [0.3, 0.4) is 0 Å². The Balaban J connectivity index is 1.24. The highest BCUT2D eigenvalue weighted by atomic mass is 16.2. The van der Waals surface area contributed by atoms with Crippen LogP contribution in [0.1, 0.15) is 48.5 Å². The van der Waals surface area contributed by atoms with Gasteiger partial charge in [-0.25, -0.2) is 0 Å². The number of benzene rings is 1. The zero-order valence-electron chi connectivity index (χ0n) is 19.3. The smallest absolute Gasteiger partial charge is 0.253 e. The topological polar surface area (TPSA) is 47.1 Å². The summed E-state index contributed by atoms with van der Waals surface area (Å²) >= 11 is 0. The van der Waals surface area contributed by atoms with Gasteiger partial charge in [-0.15, -0.1) is 0 Å². The van der Waals surface area contributed by atoms with Gasteiger partial charge in [0, 0.05) is 57.8 Å². The minimum atomic E-state index is 0.171. The molecule has 0 spiro atoms. The molecule has 3 saturated heterocycles. The predicted octanol–water partition coefficient (Wildman–Crippen LogP) is 2.34. The molecule has 0 aromatic heterocycles. The van der Waals surface area contributed by atoms with Gasteiger partial charge in [0.1, 0.15) is 0 Å². The van der Waals surface area contributed by atoms with E-state index in [-0.39, 0.29) is 11.8 Å². The summed E-state index contributed by atoms with van der Waals surface area (Å²) in [6, 6.07) is 8.95. The molecule has 0 saturated carbocycles. The Kier molecular flexibility index (Phi) is 7.28. The minimum Gasteiger partial charge on any atom is -0.343 e. The second kappa shape index (κ2) is 10.1. The third-order valence-corrected chi connectivity index (χ3v) is 7.59. The molecule has 0 radical (unpaired) electrons. The summed E-state index contributed by atoms with van der Waals surface area (Å²) in [5.74, 6) is 0.989. The number of amides is 2. The molecule has 170 valence electrons. The second-order valence-electron chi connectivity index (χ2n) is 9.71. The molecular weight excluding hydrogens is 388 g/mol. The van der Waals surface area contributed by atoms with Crippen molar-refractivity contribution in [3.63, 3.8) is 0 Å². The minimum absolute atomic E-state index is 0.171. The average molecular weight is 427 g/mol. The van der Waals surface area contributed by atoms with E-state index in [4.69, 9.17) is 0 Å². The number of piperidine rings is 2. The van der Waals surface area contributed by atoms with Crippen LogP contribution in [0.2, 0.25) is 0 Å². The maximum Gasteiger partial charge on any atom is 0.253 e. The van der Waals surface area contributed by atoms with E-state index in [1.807, 2.05) is 21.9 Å². The Labute approximate surface area is 187 Å². The van der Waals surface area contributed by atoms with Crippen molar-refractivity contribution in [3.05, 3.63) is 35.4 Å². The molecule has 1 aromatic carbocycles. The Morgan fingerprint density at radius 2 is 1.42 bits per heavy atom. The Morgan fingerprint density at radius 3 is 2.00 bits per heavy atom. The number of carbonyl (C=O) groups excluding carboxylic acids is 2. The summed E-state index contributed by atoms with van der Waals surface area (Å²) < 4.78 is 0. The molecule has 3 aliphatic rings. The molecule has 1 aromatic rings. The summed E-state index contributed by atoms with van der Waals surface area (Å²) in [6.45, 7) is 9.44. The lowest BCUT2D eigenvalue weighted by Gasteiger charge is -2.42. The first-order chi connectivity index (χ1) is 15.0. The molecule has 0 bridgehead atoms. The van der Waals surface area contributed by atoms with Gasteiger partial charge in [-0.2, -0.15) is 0 Å². The van der Waals surface area contributed by atoms with E-state index in [2.05, 4.69) is 29.0 Å². The first-order valence-electron chi connectivity index (χ1n) is 12.1. The molecule has 6 heteroatoms. The molecule has 31 heavy (non-hydrogen) atoms. The highest BCUT2D eigenvalue weighted by Crippen LogP contribution is 2.23. The monoisotopic (exact) mass is 426 g/mol. The van der Waals surface area contributed by atoms with Crippen LogP contribution in [0.15, 0.2) is 24.3 Å². The number of piperazine rings is 1. The summed E-state index contributed by atoms with van der Waals surface area (Å²) in [5, 5.41) is 0. The maximum atomic E-state index is 13.0. The average Bonchev–Trinajstić information content (AvgIpc) is 2.80. The third-order valence-electron chi connectivity index (χ3n) is 7.59. The molecule has 2 amide bonds. The SMILES string of the molecule is CC(=O)N1CCC(Cc2ccc(C(=O)N3CCN(C4CCN(C)CC4)CC3)cc2)CC1. The number of likely N-dealkylation sites (tertiary alicyclic amines) is 2. The van der Waals surface area contributed by atoms with Gasteiger partial charge in [0.25, 0.3) is 5.91 Å². The Morgan fingerprint density at radius 1 is 0.806 bits per heavy atom. The molecule has 4 rings (SSSR count). The molecule has 0 atom stereocenters. The van der Waals surface area contributed by atoms with Crippen LogP contribution >= 0.6 is 0 Å². The fourth-order valence-electron chi connectivity index (χ4n) is 5.40. The van der Waals surface area contributed by atoms with Gasteiger partial charge >= 0.3 is 0 Å². The zero-order valence-corrected chi connectivity index (χ0v) is 19.3. The normalized spacial score (nSPS) is 22.6. The van der Waals surface area contributed by atoms with Gasteiger partial charge in [0.15, 0.2) is 0 Å². The number of rotatable bonds is 4. The predicted molar refractivity (Wildman–Crippen MR) is 123 cm³/mol. The molecule has 3 heterocycles. The van der Waals surface area contributed by atoms with Crippen LogP contribution in [0.4, 0.5) is 0 Å². The van der Waals surface area contributed by atoms with E-state index in [9.17, 15) is 9.59 Å². The van der Waals surface area contributed by atoms with Crippen LogP contribution in [0.25, 0.3) is 0 Å². The molecule has 6 nitrogen and oxygen atoms in total. The molecular formula is C25H38N4O2. The molecule has 0 aliphatic carbocycles. The number of carbonyl (C=O) groups is 2. The van der Waals surface area contributed by atoms with Gasteiger partial charge in [-0.3, -0.25) is 14.5 Å². The van der Waals surface area contributed by atoms with Gasteiger partial charge in [0.2, 0.25) is 5.91 Å². The quantitative estimate of drug-likeness (QED) is 0.742. The molecule has 3 aliphatic heterocycles. The van der Waals surface area contributed by atoms with Gasteiger partial charge in [0.05, 0.1) is 0 Å². The van der Waals surface area contributed by atoms with Crippen molar-refractivity contribution in [2.75, 3.05) is 59.4 Å². The van der Waals surface area contributed by atoms with Gasteiger partial charge < -0.3 is 14.7 Å². The van der Waals surface area contributed by atoms with Gasteiger partial charge in [-0.05, 0) is 75.9 Å². The fourth-order valence-corrected chi connectivity index (χ4v) is 5.40. The highest BCUT2D eigenvalue weighted by molar-refractivity contribution is 5.94. The number of nitrogens with zero attached hydrogens (tertiary/aromatic N) is 4. The van der Waals surface area contributed by atoms with E-state index >= 15 is 0 Å². The number of hydrogen-bond acceptors (Lipinski definition) is 4. The van der Waals surface area contributed by atoms with Crippen molar-refractivity contribution in [1.82, 2.24) is 19.6 Å². The lowest BCUT2D eigenvalue weighted by atomic mass is 9.90. The van der Waals surface area contributed by atoms with E-state index < -0.39 is 0 Å². The number of hydrogen-bond donors (Lipinski definition) is 0. The lowest BCUT2D eigenvalue weighted by Crippen LogP contribution is -2.54. The van der Waals surface area contributed by atoms with E-state index in [1.165, 1.54) is 31.5 Å². The summed E-state index contributed by atoms with van der Waals surface area (Å²) in [4.78, 5) is 33.5. The summed E-state index contributed by atoms with van der Waals surface area (Å²) in [7, 11) is 2.20. The van der Waals surface area contributed by atoms with Gasteiger partial charge in [-0.1, -0.05) is 12.1 Å². The Hall–Kier alpha value is -1.92. The van der Waals surface area contributed by atoms with Crippen LogP contribution in [0, 0.1) is 5.92 Å². The first-order valence-corrected chi connectivity index (χ1v) is 12.1. The lowest BCUT2D eigenvalue weighted by molar-refractivity contribution is -0.130. The summed E-state index contributed by atoms with van der Waals surface area (Å²) in [6.07, 6.45) is 5.68. The Bertz CT molecular complexity index is 741. The largest absolute Gasteiger partial charge is 0.343 e. The van der Waals surface area contributed by atoms with Crippen molar-refractivity contribution in [1.29, 1.82) is 0 Å². The van der Waals surface area contributed by atoms with Crippen LogP contribution in [0.5, 0.6) is 0 Å². The van der Waals surface area contributed by atoms with Crippen molar-refractivity contribution in [2.45, 2.75) is 45.1 Å². The van der Waals surface area contributed by atoms with E-state index in [1.54, 1.807) is 6.92 Å². The van der Waals surface area contributed by atoms with Crippen molar-refractivity contribution >= 4 is 11.8 Å². The molecule has 3 fully saturated rings. The maximum absolute atomic E-state index is 13.0. The summed E-state index contributed by atoms with van der Waals surface area (Å²) in [5.41, 5.74) is 2.10. The van der Waals surface area contributed by atoms with E-state index in [0.717, 1.165) is 64.1 Å². The van der Waals surface area contributed by atoms with Crippen LogP contribution in [-0.2, 0) is 11.2 Å². The van der Waals surface area contributed by atoms with Crippen molar-refractivity contribution in [2.24, 2.45) is 5.92 Å². The second-order valence-corrected chi connectivity index (χ2v) is 9.71.